The normalized spacial score (nSPS) is 20.0. The third kappa shape index (κ3) is 9.73. The van der Waals surface area contributed by atoms with E-state index in [1.165, 1.54) is 36.0 Å². The van der Waals surface area contributed by atoms with E-state index in [9.17, 15) is 24.3 Å². The van der Waals surface area contributed by atoms with E-state index in [0.29, 0.717) is 70.7 Å². The zero-order valence-electron chi connectivity index (χ0n) is 38.7. The van der Waals surface area contributed by atoms with Crippen LogP contribution in [0.5, 0.6) is 5.75 Å². The second-order valence-corrected chi connectivity index (χ2v) is 19.3. The van der Waals surface area contributed by atoms with Crippen LogP contribution < -0.4 is 20.3 Å². The van der Waals surface area contributed by atoms with Gasteiger partial charge in [0.2, 0.25) is 5.91 Å². The molecule has 352 valence electrons. The highest BCUT2D eigenvalue weighted by Gasteiger charge is 2.39. The lowest BCUT2D eigenvalue weighted by Crippen LogP contribution is -2.50. The lowest BCUT2D eigenvalue weighted by molar-refractivity contribution is -0.120. The number of nitrogens with one attached hydrogen (secondary N) is 3. The van der Waals surface area contributed by atoms with Crippen LogP contribution in [0.3, 0.4) is 0 Å². The SMILES string of the molecule is COc1ccc(C(=O)N2CCC3(CCN(CCc4ccc(-c5cc6c(-c7cc(F)cc(NC(=O)N8C[C@@H](CC(C)C)[C@H](O)C8)c7C)ncnc6[nH]5)cc4)CC3)CC2)cc1N1CCC(=O)NC1=O. The van der Waals surface area contributed by atoms with Gasteiger partial charge >= 0.3 is 12.1 Å². The van der Waals surface area contributed by atoms with Crippen LogP contribution in [0.2, 0.25) is 0 Å². The number of piperidine rings is 2. The summed E-state index contributed by atoms with van der Waals surface area (Å²) >= 11 is 0. The Labute approximate surface area is 390 Å². The number of rotatable bonds is 11. The van der Waals surface area contributed by atoms with Gasteiger partial charge in [-0.25, -0.2) is 23.9 Å². The lowest BCUT2D eigenvalue weighted by Gasteiger charge is -2.47. The van der Waals surface area contributed by atoms with Crippen molar-refractivity contribution in [3.8, 4) is 28.3 Å². The number of hydrogen-bond donors (Lipinski definition) is 4. The monoisotopic (exact) mass is 913 g/mol. The predicted octanol–water partition coefficient (Wildman–Crippen LogP) is 7.63. The standard InChI is InChI=1S/C51H60FN9O6/c1-31(2)23-36-28-60(29-43(36)62)49(65)56-40-26-37(52)25-38(32(40)3)46-39-27-41(55-47(39)54-30-53-46)34-7-5-33(6-8-34)11-17-58-19-13-51(14-20-58)15-21-59(22-16-51)48(64)35-9-10-44(67-4)42(24-35)61-18-12-45(63)57-50(61)66/h5-10,24-27,30-31,36,43,62H,11-23,28-29H2,1-4H3,(H,56,65)(H,53,54,55)(H,57,63,66)/t36-,43-/m1/s1. The number of fused-ring (bicyclic) bond motifs is 1. The first kappa shape index (κ1) is 45.8. The van der Waals surface area contributed by atoms with Crippen LogP contribution in [0.4, 0.5) is 25.4 Å². The molecule has 2 aromatic heterocycles. The predicted molar refractivity (Wildman–Crippen MR) is 254 cm³/mol. The Kier molecular flexibility index (Phi) is 13.0. The fraction of sp³-hybridized carbons (Fsp3) is 0.451. The van der Waals surface area contributed by atoms with Gasteiger partial charge in [0.15, 0.2) is 0 Å². The molecule has 0 unspecified atom stereocenters. The van der Waals surface area contributed by atoms with Crippen LogP contribution >= 0.6 is 0 Å². The van der Waals surface area contributed by atoms with Gasteiger partial charge in [-0.3, -0.25) is 19.8 Å². The highest BCUT2D eigenvalue weighted by molar-refractivity contribution is 6.07. The summed E-state index contributed by atoms with van der Waals surface area (Å²) < 4.78 is 20.7. The number of hydrogen-bond acceptors (Lipinski definition) is 9. The van der Waals surface area contributed by atoms with Gasteiger partial charge in [0.25, 0.3) is 5.91 Å². The Bertz CT molecular complexity index is 2670. The van der Waals surface area contributed by atoms with Crippen LogP contribution in [0.25, 0.3) is 33.5 Å². The second kappa shape index (κ2) is 19.1. The van der Waals surface area contributed by atoms with E-state index >= 15 is 4.39 Å². The van der Waals surface area contributed by atoms with Crippen molar-refractivity contribution in [3.05, 3.63) is 89.5 Å². The number of imide groups is 1. The largest absolute Gasteiger partial charge is 0.495 e. The van der Waals surface area contributed by atoms with Gasteiger partial charge in [0.1, 0.15) is 23.5 Å². The number of H-pyrrole nitrogens is 1. The number of halogens is 1. The molecule has 0 bridgehead atoms. The Morgan fingerprint density at radius 1 is 0.940 bits per heavy atom. The highest BCUT2D eigenvalue weighted by atomic mass is 19.1. The molecule has 4 saturated heterocycles. The summed E-state index contributed by atoms with van der Waals surface area (Å²) in [7, 11) is 1.52. The molecular formula is C51H60FN9O6. The number of amides is 6. The molecule has 4 fully saturated rings. The molecule has 0 saturated carbocycles. The number of aliphatic hydroxyl groups is 1. The second-order valence-electron chi connectivity index (χ2n) is 19.3. The van der Waals surface area contributed by atoms with Crippen molar-refractivity contribution in [1.82, 2.24) is 35.0 Å². The number of urea groups is 2. The maximum atomic E-state index is 15.2. The number of aromatic amines is 1. The van der Waals surface area contributed by atoms with Gasteiger partial charge in [0.05, 0.1) is 24.6 Å². The Morgan fingerprint density at radius 2 is 1.69 bits per heavy atom. The van der Waals surface area contributed by atoms with Gasteiger partial charge in [-0.05, 0) is 123 Å². The molecule has 15 nitrogen and oxygen atoms in total. The van der Waals surface area contributed by atoms with E-state index in [-0.39, 0.29) is 48.7 Å². The molecule has 0 aliphatic carbocycles. The summed E-state index contributed by atoms with van der Waals surface area (Å²) in [6, 6.07) is 17.5. The average Bonchev–Trinajstić information content (AvgIpc) is 3.93. The Hall–Kier alpha value is -6.39. The molecule has 5 aromatic rings. The van der Waals surface area contributed by atoms with Crippen molar-refractivity contribution in [3.63, 3.8) is 0 Å². The number of carbonyl (C=O) groups is 4. The molecule has 2 atom stereocenters. The number of nitrogens with zero attached hydrogens (tertiary/aromatic N) is 6. The minimum atomic E-state index is -0.585. The quantitative estimate of drug-likeness (QED) is 0.104. The number of anilines is 2. The third-order valence-corrected chi connectivity index (χ3v) is 14.5. The summed E-state index contributed by atoms with van der Waals surface area (Å²) in [4.78, 5) is 71.4. The fourth-order valence-corrected chi connectivity index (χ4v) is 10.5. The maximum Gasteiger partial charge on any atom is 0.328 e. The first-order chi connectivity index (χ1) is 32.3. The Balaban J connectivity index is 0.782. The molecule has 6 amide bonds. The molecule has 6 heterocycles. The molecule has 1 spiro atoms. The van der Waals surface area contributed by atoms with E-state index in [0.717, 1.165) is 74.8 Å². The molecule has 67 heavy (non-hydrogen) atoms. The van der Waals surface area contributed by atoms with E-state index in [2.05, 4.69) is 68.6 Å². The number of carbonyl (C=O) groups excluding carboxylic acids is 4. The van der Waals surface area contributed by atoms with Gasteiger partial charge in [-0.1, -0.05) is 38.1 Å². The zero-order valence-corrected chi connectivity index (χ0v) is 38.7. The van der Waals surface area contributed by atoms with Crippen LogP contribution in [0.1, 0.15) is 73.9 Å². The number of benzene rings is 3. The number of ether oxygens (including phenoxy) is 1. The first-order valence-electron chi connectivity index (χ1n) is 23.5. The van der Waals surface area contributed by atoms with Crippen molar-refractivity contribution in [2.75, 3.05) is 69.7 Å². The zero-order chi connectivity index (χ0) is 47.0. The van der Waals surface area contributed by atoms with Gasteiger partial charge in [-0.2, -0.15) is 0 Å². The number of likely N-dealkylation sites (tertiary alicyclic amines) is 3. The Morgan fingerprint density at radius 3 is 2.40 bits per heavy atom. The summed E-state index contributed by atoms with van der Waals surface area (Å²) in [5, 5.41) is 16.6. The third-order valence-electron chi connectivity index (χ3n) is 14.5. The molecule has 16 heteroatoms. The van der Waals surface area contributed by atoms with Crippen molar-refractivity contribution < 1.29 is 33.4 Å². The van der Waals surface area contributed by atoms with Crippen LogP contribution in [-0.4, -0.2) is 124 Å². The van der Waals surface area contributed by atoms with Crippen LogP contribution in [0, 0.1) is 30.0 Å². The van der Waals surface area contributed by atoms with E-state index < -0.39 is 18.0 Å². The van der Waals surface area contributed by atoms with E-state index in [4.69, 9.17) is 4.74 Å². The number of aromatic nitrogens is 3. The minimum Gasteiger partial charge on any atom is -0.495 e. The minimum absolute atomic E-state index is 0.00965. The molecule has 9 rings (SSSR count). The molecule has 4 N–H and O–H groups in total. The van der Waals surface area contributed by atoms with Crippen molar-refractivity contribution in [2.24, 2.45) is 17.3 Å². The highest BCUT2D eigenvalue weighted by Crippen LogP contribution is 2.42. The number of β-amino-alcohol motifs (C(OH)–C–C–N with tert-alkyl or cyclic N) is 1. The van der Waals surface area contributed by atoms with E-state index in [1.54, 1.807) is 23.1 Å². The van der Waals surface area contributed by atoms with Crippen LogP contribution in [0.15, 0.2) is 67.0 Å². The maximum absolute atomic E-state index is 15.2. The summed E-state index contributed by atoms with van der Waals surface area (Å²) in [6.45, 7) is 11.3. The van der Waals surface area contributed by atoms with Crippen molar-refractivity contribution in [2.45, 2.75) is 71.8 Å². The number of methoxy groups -OCH3 is 1. The topological polar surface area (TPSA) is 176 Å². The average molecular weight is 914 g/mol. The molecular weight excluding hydrogens is 854 g/mol. The van der Waals surface area contributed by atoms with Crippen LogP contribution in [-0.2, 0) is 11.2 Å². The summed E-state index contributed by atoms with van der Waals surface area (Å²) in [5.74, 6) is -0.00264. The van der Waals surface area contributed by atoms with Crippen molar-refractivity contribution >= 4 is 46.3 Å². The lowest BCUT2D eigenvalue weighted by atomic mass is 9.71. The van der Waals surface area contributed by atoms with Gasteiger partial charge in [-0.15, -0.1) is 0 Å². The molecule has 4 aliphatic heterocycles. The molecule has 3 aromatic carbocycles. The fourth-order valence-electron chi connectivity index (χ4n) is 10.5. The number of aliphatic hydroxyl groups excluding tert-OH is 1. The first-order valence-corrected chi connectivity index (χ1v) is 23.5. The summed E-state index contributed by atoms with van der Waals surface area (Å²) in [5.41, 5.74) is 7.06. The van der Waals surface area contributed by atoms with Gasteiger partial charge < -0.3 is 34.8 Å². The molecule has 4 aliphatic rings. The van der Waals surface area contributed by atoms with E-state index in [1.807, 2.05) is 17.9 Å². The molecule has 0 radical (unpaired) electrons. The summed E-state index contributed by atoms with van der Waals surface area (Å²) in [6.07, 6.45) is 6.92. The smallest absolute Gasteiger partial charge is 0.328 e. The van der Waals surface area contributed by atoms with Gasteiger partial charge in [0, 0.05) is 79.5 Å². The van der Waals surface area contributed by atoms with Crippen molar-refractivity contribution in [1.29, 1.82) is 0 Å².